The number of nitrogens with one attached hydrogen (secondary N) is 2. The summed E-state index contributed by atoms with van der Waals surface area (Å²) in [6.07, 6.45) is 14.0. The number of aromatic nitrogens is 5. The Kier molecular flexibility index (Phi) is 8.20. The van der Waals surface area contributed by atoms with E-state index in [-0.39, 0.29) is 17.3 Å². The van der Waals surface area contributed by atoms with Crippen LogP contribution in [0.2, 0.25) is 0 Å². The van der Waals surface area contributed by atoms with E-state index < -0.39 is 0 Å². The Balaban J connectivity index is 0.000000193. The van der Waals surface area contributed by atoms with E-state index in [1.54, 1.807) is 33.9 Å². The fraction of sp³-hybridized carbons (Fsp3) is 0.524. The highest BCUT2D eigenvalue weighted by atomic mass is 16.6. The van der Waals surface area contributed by atoms with Crippen LogP contribution in [0.15, 0.2) is 35.6 Å². The second-order valence-electron chi connectivity index (χ2n) is 8.08. The fourth-order valence-electron chi connectivity index (χ4n) is 2.86. The maximum Gasteiger partial charge on any atom is 0.407 e. The van der Waals surface area contributed by atoms with Crippen LogP contribution in [0.4, 0.5) is 4.79 Å². The molecule has 0 saturated heterocycles. The van der Waals surface area contributed by atoms with E-state index in [0.29, 0.717) is 11.2 Å². The zero-order valence-electron chi connectivity index (χ0n) is 18.4. The van der Waals surface area contributed by atoms with Gasteiger partial charge in [0.05, 0.1) is 24.3 Å². The lowest BCUT2D eigenvalue weighted by Crippen LogP contribution is -2.30. The van der Waals surface area contributed by atoms with Crippen molar-refractivity contribution < 1.29 is 9.53 Å². The molecule has 4 rings (SSSR count). The summed E-state index contributed by atoms with van der Waals surface area (Å²) >= 11 is 0. The minimum atomic E-state index is -0.389. The molecular formula is C21H32N6O3. The highest BCUT2D eigenvalue weighted by Crippen LogP contribution is 2.15. The minimum Gasteiger partial charge on any atom is -0.444 e. The minimum absolute atomic E-state index is 0.154. The van der Waals surface area contributed by atoms with Gasteiger partial charge in [-0.1, -0.05) is 32.1 Å². The smallest absolute Gasteiger partial charge is 0.407 e. The maximum absolute atomic E-state index is 11.7. The first kappa shape index (κ1) is 23.2. The van der Waals surface area contributed by atoms with Gasteiger partial charge in [-0.15, -0.1) is 0 Å². The van der Waals surface area contributed by atoms with Gasteiger partial charge in [0, 0.05) is 25.9 Å². The van der Waals surface area contributed by atoms with Gasteiger partial charge in [-0.2, -0.15) is 10.2 Å². The normalized spacial score (nSPS) is 13.1. The molecule has 0 atom stereocenters. The third-order valence-corrected chi connectivity index (χ3v) is 4.27. The third kappa shape index (κ3) is 7.38. The molecule has 3 heterocycles. The first-order valence-electron chi connectivity index (χ1n) is 10.2. The number of hydrogen-bond acceptors (Lipinski definition) is 5. The fourth-order valence-corrected chi connectivity index (χ4v) is 2.86. The monoisotopic (exact) mass is 416 g/mol. The van der Waals surface area contributed by atoms with Crippen LogP contribution in [0.3, 0.4) is 0 Å². The van der Waals surface area contributed by atoms with Crippen LogP contribution in [0.25, 0.3) is 16.8 Å². The van der Waals surface area contributed by atoms with Crippen LogP contribution in [-0.4, -0.2) is 43.1 Å². The van der Waals surface area contributed by atoms with Gasteiger partial charge in [0.15, 0.2) is 0 Å². The van der Waals surface area contributed by atoms with Crippen molar-refractivity contribution in [1.29, 1.82) is 0 Å². The molecule has 30 heavy (non-hydrogen) atoms. The highest BCUT2D eigenvalue weighted by Gasteiger charge is 2.14. The predicted molar refractivity (Wildman–Crippen MR) is 116 cm³/mol. The van der Waals surface area contributed by atoms with E-state index >= 15 is 0 Å². The number of carbonyl (C=O) groups is 1. The lowest BCUT2D eigenvalue weighted by atomic mass is 10.2. The van der Waals surface area contributed by atoms with Gasteiger partial charge in [-0.05, 0) is 26.8 Å². The van der Waals surface area contributed by atoms with Crippen LogP contribution in [-0.2, 0) is 11.8 Å². The average Bonchev–Trinajstić information content (AvgIpc) is 3.43. The van der Waals surface area contributed by atoms with Gasteiger partial charge in [-0.3, -0.25) is 9.48 Å². The zero-order valence-corrected chi connectivity index (χ0v) is 18.4. The largest absolute Gasteiger partial charge is 0.444 e. The number of rotatable bonds is 1. The van der Waals surface area contributed by atoms with Crippen molar-refractivity contribution in [3.8, 4) is 11.3 Å². The molecule has 0 aromatic carbocycles. The third-order valence-electron chi connectivity index (χ3n) is 4.27. The Hall–Kier alpha value is -3.10. The number of hydrogen-bond donors (Lipinski definition) is 2. The van der Waals surface area contributed by atoms with Gasteiger partial charge in [0.25, 0.3) is 5.56 Å². The van der Waals surface area contributed by atoms with Crippen LogP contribution in [0.1, 0.15) is 52.9 Å². The quantitative estimate of drug-likeness (QED) is 0.631. The molecule has 1 aliphatic rings. The highest BCUT2D eigenvalue weighted by molar-refractivity contribution is 5.67. The Bertz CT molecular complexity index is 984. The van der Waals surface area contributed by atoms with Gasteiger partial charge in [0.1, 0.15) is 11.1 Å². The van der Waals surface area contributed by atoms with Crippen molar-refractivity contribution in [2.75, 3.05) is 7.05 Å². The summed E-state index contributed by atoms with van der Waals surface area (Å²) in [6, 6.07) is 1.67. The number of amides is 1. The van der Waals surface area contributed by atoms with Gasteiger partial charge >= 0.3 is 6.09 Å². The van der Waals surface area contributed by atoms with Gasteiger partial charge in [-0.25, -0.2) is 9.31 Å². The summed E-state index contributed by atoms with van der Waals surface area (Å²) in [5.41, 5.74) is 1.55. The molecule has 0 aliphatic heterocycles. The summed E-state index contributed by atoms with van der Waals surface area (Å²) in [6.45, 7) is 5.46. The van der Waals surface area contributed by atoms with E-state index in [2.05, 4.69) is 20.5 Å². The predicted octanol–water partition coefficient (Wildman–Crippen LogP) is 3.51. The van der Waals surface area contributed by atoms with Crippen molar-refractivity contribution >= 4 is 11.6 Å². The van der Waals surface area contributed by atoms with Crippen molar-refractivity contribution in [3.63, 3.8) is 0 Å². The summed E-state index contributed by atoms with van der Waals surface area (Å²) in [5, 5.41) is 10.5. The summed E-state index contributed by atoms with van der Waals surface area (Å²) in [5.74, 6) is 0. The second kappa shape index (κ2) is 10.6. The first-order chi connectivity index (χ1) is 14.2. The molecule has 3 aromatic rings. The Labute approximate surface area is 176 Å². The van der Waals surface area contributed by atoms with Crippen LogP contribution in [0.5, 0.6) is 0 Å². The van der Waals surface area contributed by atoms with Crippen molar-refractivity contribution in [2.45, 2.75) is 58.5 Å². The Morgan fingerprint density at radius 2 is 1.77 bits per heavy atom. The van der Waals surface area contributed by atoms with Crippen LogP contribution in [0, 0.1) is 0 Å². The van der Waals surface area contributed by atoms with Gasteiger partial charge < -0.3 is 15.0 Å². The molecule has 1 aliphatic carbocycles. The number of carbonyl (C=O) groups excluding carboxylic acids is 1. The molecule has 1 fully saturated rings. The van der Waals surface area contributed by atoms with E-state index in [1.807, 2.05) is 34.0 Å². The van der Waals surface area contributed by atoms with Crippen molar-refractivity contribution in [2.24, 2.45) is 7.05 Å². The molecule has 9 nitrogen and oxygen atoms in total. The van der Waals surface area contributed by atoms with Crippen LogP contribution < -0.4 is 10.9 Å². The molecule has 2 N–H and O–H groups in total. The summed E-state index contributed by atoms with van der Waals surface area (Å²) < 4.78 is 8.08. The molecule has 0 radical (unpaired) electrons. The van der Waals surface area contributed by atoms with Crippen LogP contribution >= 0.6 is 0 Å². The lowest BCUT2D eigenvalue weighted by Gasteiger charge is -2.18. The number of ether oxygens (including phenoxy) is 1. The standard InChI is InChI=1S/C10H9N5O.C6H13NO2.C5H10/c1-14-5-7(4-12-14)8-6-15-9(2-3-11-15)10(16)13-8;1-6(2,3)9-5(8)7-4;1-2-4-5-3-1/h2-6H,1H3,(H,13,16);1-4H3,(H,7,8);1-5H2. The van der Waals surface area contributed by atoms with Crippen molar-refractivity contribution in [3.05, 3.63) is 41.2 Å². The molecule has 0 bridgehead atoms. The zero-order chi connectivity index (χ0) is 22.1. The summed E-state index contributed by atoms with van der Waals surface area (Å²) in [4.78, 5) is 25.0. The molecule has 164 valence electrons. The lowest BCUT2D eigenvalue weighted by molar-refractivity contribution is 0.0541. The summed E-state index contributed by atoms with van der Waals surface area (Å²) in [7, 11) is 3.36. The number of aromatic amines is 1. The van der Waals surface area contributed by atoms with E-state index in [4.69, 9.17) is 4.74 Å². The Morgan fingerprint density at radius 1 is 1.13 bits per heavy atom. The molecule has 3 aromatic heterocycles. The van der Waals surface area contributed by atoms with E-state index in [9.17, 15) is 9.59 Å². The number of nitrogens with zero attached hydrogens (tertiary/aromatic N) is 4. The number of fused-ring (bicyclic) bond motifs is 1. The SMILES string of the molecule is C1CCCC1.CNC(=O)OC(C)(C)C.Cn1cc(-c2cn3nccc3c(=O)[nH]2)cn1. The maximum atomic E-state index is 11.7. The van der Waals surface area contributed by atoms with E-state index in [1.165, 1.54) is 39.2 Å². The number of aryl methyl sites for hydroxylation is 1. The second-order valence-corrected chi connectivity index (χ2v) is 8.08. The Morgan fingerprint density at radius 3 is 2.23 bits per heavy atom. The van der Waals surface area contributed by atoms with E-state index in [0.717, 1.165) is 5.56 Å². The average molecular weight is 417 g/mol. The van der Waals surface area contributed by atoms with Gasteiger partial charge in [0.2, 0.25) is 0 Å². The number of alkyl carbamates (subject to hydrolysis) is 1. The first-order valence-corrected chi connectivity index (χ1v) is 10.2. The number of H-pyrrole nitrogens is 1. The molecule has 9 heteroatoms. The molecule has 0 spiro atoms. The molecular weight excluding hydrogens is 384 g/mol. The van der Waals surface area contributed by atoms with Crippen molar-refractivity contribution in [1.82, 2.24) is 29.7 Å². The molecule has 1 saturated carbocycles. The topological polar surface area (TPSA) is 106 Å². The molecule has 1 amide bonds. The molecule has 0 unspecified atom stereocenters.